The molecule has 1 atom stereocenters. The highest BCUT2D eigenvalue weighted by atomic mass is 32.2. The first-order valence-electron chi connectivity index (χ1n) is 7.43. The second-order valence-corrected chi connectivity index (χ2v) is 6.30. The summed E-state index contributed by atoms with van der Waals surface area (Å²) in [5.74, 6) is 1.88. The van der Waals surface area contributed by atoms with Crippen molar-refractivity contribution in [3.63, 3.8) is 0 Å². The fourth-order valence-corrected chi connectivity index (χ4v) is 3.64. The zero-order valence-corrected chi connectivity index (χ0v) is 13.0. The summed E-state index contributed by atoms with van der Waals surface area (Å²) in [5.41, 5.74) is 1.22. The van der Waals surface area contributed by atoms with Gasteiger partial charge in [-0.05, 0) is 24.5 Å². The predicted molar refractivity (Wildman–Crippen MR) is 85.8 cm³/mol. The number of aromatic nitrogens is 3. The van der Waals surface area contributed by atoms with Gasteiger partial charge in [0.05, 0.1) is 6.04 Å². The van der Waals surface area contributed by atoms with Gasteiger partial charge in [-0.2, -0.15) is 5.10 Å². The summed E-state index contributed by atoms with van der Waals surface area (Å²) in [5, 5.41) is 12.6. The molecular formula is C15H19N5OS. The summed E-state index contributed by atoms with van der Waals surface area (Å²) in [6.45, 7) is 0.621. The number of hydrogen-bond donors (Lipinski definition) is 3. The van der Waals surface area contributed by atoms with E-state index in [4.69, 9.17) is 0 Å². The number of carbonyl (C=O) groups excluding carboxylic acids is 1. The van der Waals surface area contributed by atoms with Gasteiger partial charge in [0.25, 0.3) is 0 Å². The Morgan fingerprint density at radius 1 is 1.41 bits per heavy atom. The highest BCUT2D eigenvalue weighted by Gasteiger charge is 2.21. The third-order valence-electron chi connectivity index (χ3n) is 3.60. The molecule has 7 heteroatoms. The molecular weight excluding hydrogens is 298 g/mol. The second-order valence-electron chi connectivity index (χ2n) is 5.16. The second kappa shape index (κ2) is 7.31. The van der Waals surface area contributed by atoms with Crippen LogP contribution in [0.5, 0.6) is 0 Å². The number of urea groups is 1. The smallest absolute Gasteiger partial charge is 0.315 e. The molecule has 0 bridgehead atoms. The summed E-state index contributed by atoms with van der Waals surface area (Å²) in [6, 6.07) is 8.27. The molecule has 1 aliphatic heterocycles. The monoisotopic (exact) mass is 317 g/mol. The van der Waals surface area contributed by atoms with E-state index in [-0.39, 0.29) is 12.1 Å². The lowest BCUT2D eigenvalue weighted by Crippen LogP contribution is -2.39. The number of amides is 2. The fourth-order valence-electron chi connectivity index (χ4n) is 2.51. The Morgan fingerprint density at radius 3 is 3.18 bits per heavy atom. The molecule has 1 aliphatic rings. The average molecular weight is 317 g/mol. The van der Waals surface area contributed by atoms with Crippen molar-refractivity contribution in [2.24, 2.45) is 0 Å². The minimum Gasteiger partial charge on any atom is -0.338 e. The Morgan fingerprint density at radius 2 is 2.32 bits per heavy atom. The van der Waals surface area contributed by atoms with Crippen molar-refractivity contribution in [3.8, 4) is 0 Å². The number of nitrogens with zero attached hydrogens (tertiary/aromatic N) is 2. The Balaban J connectivity index is 1.44. The quantitative estimate of drug-likeness (QED) is 0.739. The summed E-state index contributed by atoms with van der Waals surface area (Å²) in [6.07, 6.45) is 4.07. The highest BCUT2D eigenvalue weighted by Crippen LogP contribution is 2.35. The molecule has 2 amide bonds. The molecule has 3 N–H and O–H groups in total. The first kappa shape index (κ1) is 14.9. The molecule has 0 saturated carbocycles. The molecule has 2 aromatic rings. The van der Waals surface area contributed by atoms with Crippen LogP contribution in [0, 0.1) is 0 Å². The molecule has 3 rings (SSSR count). The number of carbonyl (C=O) groups is 1. The van der Waals surface area contributed by atoms with Gasteiger partial charge in [-0.15, -0.1) is 11.8 Å². The molecule has 22 heavy (non-hydrogen) atoms. The lowest BCUT2D eigenvalue weighted by molar-refractivity contribution is 0.236. The standard InChI is InChI=1S/C15H19N5OS/c21-15(16-8-3-6-14-17-10-18-20-14)19-12-7-9-22-13-5-2-1-4-11(12)13/h1-2,4-5,10,12H,3,6-9H2,(H2,16,19,21)(H,17,18,20). The summed E-state index contributed by atoms with van der Waals surface area (Å²) in [7, 11) is 0. The maximum absolute atomic E-state index is 12.0. The third kappa shape index (κ3) is 3.79. The van der Waals surface area contributed by atoms with Gasteiger partial charge >= 0.3 is 6.03 Å². The van der Waals surface area contributed by atoms with E-state index in [1.165, 1.54) is 16.8 Å². The number of aromatic amines is 1. The molecule has 2 heterocycles. The van der Waals surface area contributed by atoms with Crippen molar-refractivity contribution in [2.75, 3.05) is 12.3 Å². The van der Waals surface area contributed by atoms with Gasteiger partial charge in [0.1, 0.15) is 12.2 Å². The number of hydrogen-bond acceptors (Lipinski definition) is 4. The fraction of sp³-hybridized carbons (Fsp3) is 0.400. The van der Waals surface area contributed by atoms with Crippen LogP contribution < -0.4 is 10.6 Å². The van der Waals surface area contributed by atoms with Crippen LogP contribution in [0.1, 0.15) is 30.3 Å². The van der Waals surface area contributed by atoms with Crippen LogP contribution in [0.2, 0.25) is 0 Å². The summed E-state index contributed by atoms with van der Waals surface area (Å²) >= 11 is 1.85. The highest BCUT2D eigenvalue weighted by molar-refractivity contribution is 7.99. The van der Waals surface area contributed by atoms with Gasteiger partial charge in [0.15, 0.2) is 0 Å². The topological polar surface area (TPSA) is 82.7 Å². The maximum atomic E-state index is 12.0. The number of fused-ring (bicyclic) bond motifs is 1. The van der Waals surface area contributed by atoms with Crippen LogP contribution in [-0.4, -0.2) is 33.5 Å². The van der Waals surface area contributed by atoms with Crippen LogP contribution in [0.3, 0.4) is 0 Å². The van der Waals surface area contributed by atoms with E-state index < -0.39 is 0 Å². The lowest BCUT2D eigenvalue weighted by Gasteiger charge is -2.25. The van der Waals surface area contributed by atoms with Gasteiger partial charge in [-0.3, -0.25) is 5.10 Å². The van der Waals surface area contributed by atoms with Crippen molar-refractivity contribution in [3.05, 3.63) is 42.0 Å². The average Bonchev–Trinajstić information content (AvgIpc) is 3.05. The Kier molecular flexibility index (Phi) is 4.95. The third-order valence-corrected chi connectivity index (χ3v) is 4.73. The van der Waals surface area contributed by atoms with E-state index in [2.05, 4.69) is 37.9 Å². The lowest BCUT2D eigenvalue weighted by atomic mass is 10.0. The summed E-state index contributed by atoms with van der Waals surface area (Å²) in [4.78, 5) is 17.3. The number of nitrogens with one attached hydrogen (secondary N) is 3. The molecule has 0 saturated heterocycles. The molecule has 0 spiro atoms. The zero-order valence-electron chi connectivity index (χ0n) is 12.2. The van der Waals surface area contributed by atoms with Crippen molar-refractivity contribution in [2.45, 2.75) is 30.2 Å². The van der Waals surface area contributed by atoms with E-state index in [1.54, 1.807) is 0 Å². The normalized spacial score (nSPS) is 16.8. The molecule has 1 aromatic carbocycles. The van der Waals surface area contributed by atoms with E-state index >= 15 is 0 Å². The molecule has 0 radical (unpaired) electrons. The zero-order chi connectivity index (χ0) is 15.2. The first-order valence-corrected chi connectivity index (χ1v) is 8.42. The van der Waals surface area contributed by atoms with Crippen LogP contribution in [-0.2, 0) is 6.42 Å². The Bertz CT molecular complexity index is 616. The van der Waals surface area contributed by atoms with Crippen molar-refractivity contribution in [1.82, 2.24) is 25.8 Å². The van der Waals surface area contributed by atoms with E-state index in [0.29, 0.717) is 6.54 Å². The summed E-state index contributed by atoms with van der Waals surface area (Å²) < 4.78 is 0. The molecule has 0 fully saturated rings. The van der Waals surface area contributed by atoms with Crippen molar-refractivity contribution >= 4 is 17.8 Å². The van der Waals surface area contributed by atoms with Gasteiger partial charge in [0, 0.05) is 23.6 Å². The van der Waals surface area contributed by atoms with Crippen LogP contribution in [0.25, 0.3) is 0 Å². The molecule has 116 valence electrons. The largest absolute Gasteiger partial charge is 0.338 e. The molecule has 0 aliphatic carbocycles. The van der Waals surface area contributed by atoms with Gasteiger partial charge in [-0.1, -0.05) is 18.2 Å². The van der Waals surface area contributed by atoms with Crippen molar-refractivity contribution in [1.29, 1.82) is 0 Å². The van der Waals surface area contributed by atoms with Gasteiger partial charge < -0.3 is 10.6 Å². The number of H-pyrrole nitrogens is 1. The molecule has 6 nitrogen and oxygen atoms in total. The number of thioether (sulfide) groups is 1. The van der Waals surface area contributed by atoms with Crippen LogP contribution in [0.15, 0.2) is 35.5 Å². The SMILES string of the molecule is O=C(NCCCc1ncn[nH]1)NC1CCSc2ccccc21. The minimum absolute atomic E-state index is 0.103. The van der Waals surface area contributed by atoms with Crippen LogP contribution >= 0.6 is 11.8 Å². The van der Waals surface area contributed by atoms with E-state index in [0.717, 1.165) is 30.8 Å². The maximum Gasteiger partial charge on any atom is 0.315 e. The minimum atomic E-state index is -0.107. The van der Waals surface area contributed by atoms with Crippen LogP contribution in [0.4, 0.5) is 4.79 Å². The van der Waals surface area contributed by atoms with Crippen molar-refractivity contribution < 1.29 is 4.79 Å². The Hall–Kier alpha value is -2.02. The van der Waals surface area contributed by atoms with E-state index in [9.17, 15) is 4.79 Å². The number of rotatable bonds is 5. The predicted octanol–water partition coefficient (Wildman–Crippen LogP) is 2.27. The Labute approximate surface area is 133 Å². The number of benzene rings is 1. The van der Waals surface area contributed by atoms with Gasteiger partial charge in [0.2, 0.25) is 0 Å². The first-order chi connectivity index (χ1) is 10.8. The van der Waals surface area contributed by atoms with Gasteiger partial charge in [-0.25, -0.2) is 9.78 Å². The molecule has 1 unspecified atom stereocenters. The molecule has 1 aromatic heterocycles. The number of aryl methyl sites for hydroxylation is 1. The van der Waals surface area contributed by atoms with E-state index in [1.807, 2.05) is 23.9 Å².